The Morgan fingerprint density at radius 2 is 2.20 bits per heavy atom. The molecule has 2 fully saturated rings. The first-order valence-corrected chi connectivity index (χ1v) is 10.1. The van der Waals surface area contributed by atoms with Crippen molar-refractivity contribution in [3.8, 4) is 11.8 Å². The van der Waals surface area contributed by atoms with E-state index in [-0.39, 0.29) is 26.9 Å². The smallest absolute Gasteiger partial charge is 0.127 e. The Hall–Kier alpha value is -1.44. The summed E-state index contributed by atoms with van der Waals surface area (Å²) in [7, 11) is 2.24. The fraction of sp³-hybridized carbons (Fsp3) is 0.571. The van der Waals surface area contributed by atoms with Crippen LogP contribution in [0, 0.1) is 23.7 Å². The van der Waals surface area contributed by atoms with Gasteiger partial charge in [0, 0.05) is 17.0 Å². The lowest BCUT2D eigenvalue weighted by atomic mass is 9.43. The molecule has 7 rings (SSSR count). The molecular formula is C21H22N2OS. The molecule has 1 unspecified atom stereocenters. The van der Waals surface area contributed by atoms with E-state index in [2.05, 4.69) is 56.1 Å². The van der Waals surface area contributed by atoms with Crippen molar-refractivity contribution in [3.63, 3.8) is 0 Å². The lowest BCUT2D eigenvalue weighted by Gasteiger charge is -2.70. The van der Waals surface area contributed by atoms with E-state index < -0.39 is 0 Å². The van der Waals surface area contributed by atoms with Gasteiger partial charge >= 0.3 is 0 Å². The quantitative estimate of drug-likeness (QED) is 0.673. The van der Waals surface area contributed by atoms with Gasteiger partial charge in [-0.2, -0.15) is 5.26 Å². The van der Waals surface area contributed by atoms with E-state index in [9.17, 15) is 5.26 Å². The second-order valence-corrected chi connectivity index (χ2v) is 10.3. The summed E-state index contributed by atoms with van der Waals surface area (Å²) in [6, 6.07) is 7.64. The van der Waals surface area contributed by atoms with Crippen LogP contribution >= 0.6 is 11.8 Å². The van der Waals surface area contributed by atoms with Crippen LogP contribution in [0.3, 0.4) is 0 Å². The molecular weight excluding hydrogens is 328 g/mol. The maximum Gasteiger partial charge on any atom is 0.127 e. The monoisotopic (exact) mass is 350 g/mol. The van der Waals surface area contributed by atoms with Gasteiger partial charge in [-0.05, 0) is 51.4 Å². The zero-order valence-corrected chi connectivity index (χ0v) is 15.7. The van der Waals surface area contributed by atoms with Crippen LogP contribution in [-0.4, -0.2) is 40.6 Å². The van der Waals surface area contributed by atoms with Crippen LogP contribution < -0.4 is 4.74 Å². The van der Waals surface area contributed by atoms with E-state index in [1.54, 1.807) is 0 Å². The number of rotatable bonds is 0. The molecule has 0 radical (unpaired) electrons. The highest BCUT2D eigenvalue weighted by atomic mass is 32.2. The topological polar surface area (TPSA) is 36.3 Å². The predicted molar refractivity (Wildman–Crippen MR) is 99.0 cm³/mol. The van der Waals surface area contributed by atoms with E-state index in [1.165, 1.54) is 16.7 Å². The number of hydrogen-bond acceptors (Lipinski definition) is 4. The molecule has 6 atom stereocenters. The Morgan fingerprint density at radius 3 is 3.00 bits per heavy atom. The first-order chi connectivity index (χ1) is 12.0. The average molecular weight is 350 g/mol. The molecule has 1 aromatic carbocycles. The van der Waals surface area contributed by atoms with Crippen molar-refractivity contribution in [1.29, 1.82) is 5.26 Å². The van der Waals surface area contributed by atoms with Crippen molar-refractivity contribution in [2.75, 3.05) is 13.6 Å². The third kappa shape index (κ3) is 1.27. The van der Waals surface area contributed by atoms with Crippen LogP contribution in [0.1, 0.15) is 30.0 Å². The largest absolute Gasteiger partial charge is 0.487 e. The minimum atomic E-state index is -0.131. The van der Waals surface area contributed by atoms with E-state index in [0.29, 0.717) is 6.04 Å². The molecule has 4 bridgehead atoms. The molecule has 128 valence electrons. The van der Waals surface area contributed by atoms with E-state index in [1.807, 2.05) is 11.8 Å². The molecule has 2 aliphatic carbocycles. The van der Waals surface area contributed by atoms with Gasteiger partial charge in [0.2, 0.25) is 0 Å². The van der Waals surface area contributed by atoms with E-state index >= 15 is 0 Å². The third-order valence-electron chi connectivity index (χ3n) is 7.83. The molecule has 3 nitrogen and oxygen atoms in total. The number of hydrogen-bond donors (Lipinski definition) is 0. The summed E-state index contributed by atoms with van der Waals surface area (Å²) in [4.78, 5) is 2.51. The summed E-state index contributed by atoms with van der Waals surface area (Å²) in [6.45, 7) is 5.54. The van der Waals surface area contributed by atoms with E-state index in [0.717, 1.165) is 25.1 Å². The van der Waals surface area contributed by atoms with Crippen molar-refractivity contribution < 1.29 is 4.74 Å². The second-order valence-electron chi connectivity index (χ2n) is 8.74. The maximum atomic E-state index is 10.1. The average Bonchev–Trinajstić information content (AvgIpc) is 2.97. The number of benzene rings is 1. The van der Waals surface area contributed by atoms with Gasteiger partial charge < -0.3 is 9.64 Å². The zero-order chi connectivity index (χ0) is 17.2. The van der Waals surface area contributed by atoms with E-state index in [4.69, 9.17) is 4.74 Å². The molecule has 4 heteroatoms. The summed E-state index contributed by atoms with van der Waals surface area (Å²) in [5, 5.41) is 10.1. The molecule has 2 saturated heterocycles. The minimum absolute atomic E-state index is 0.00490. The summed E-state index contributed by atoms with van der Waals surface area (Å²) >= 11 is 1.84. The van der Waals surface area contributed by atoms with Crippen LogP contribution in [0.25, 0.3) is 0 Å². The van der Waals surface area contributed by atoms with Crippen LogP contribution in [-0.2, 0) is 11.8 Å². The Labute approximate surface area is 153 Å². The Morgan fingerprint density at radius 1 is 1.36 bits per heavy atom. The van der Waals surface area contributed by atoms with Gasteiger partial charge in [0.15, 0.2) is 0 Å². The lowest BCUT2D eigenvalue weighted by molar-refractivity contribution is -0.0760. The summed E-state index contributed by atoms with van der Waals surface area (Å²) in [6.07, 6.45) is 7.07. The molecule has 25 heavy (non-hydrogen) atoms. The van der Waals surface area contributed by atoms with Gasteiger partial charge in [-0.1, -0.05) is 24.3 Å². The van der Waals surface area contributed by atoms with Crippen molar-refractivity contribution in [3.05, 3.63) is 41.0 Å². The lowest BCUT2D eigenvalue weighted by Crippen LogP contribution is -2.78. The molecule has 0 saturated carbocycles. The molecule has 0 amide bonds. The number of nitriles is 1. The molecule has 4 heterocycles. The molecule has 2 spiro atoms. The number of nitrogens with zero attached hydrogens (tertiary/aromatic N) is 2. The van der Waals surface area contributed by atoms with Crippen molar-refractivity contribution in [1.82, 2.24) is 4.90 Å². The van der Waals surface area contributed by atoms with Crippen LogP contribution in [0.4, 0.5) is 0 Å². The fourth-order valence-corrected chi connectivity index (χ4v) is 8.57. The second kappa shape index (κ2) is 4.10. The summed E-state index contributed by atoms with van der Waals surface area (Å²) < 4.78 is 6.65. The Balaban J connectivity index is 1.78. The molecule has 4 aliphatic heterocycles. The van der Waals surface area contributed by atoms with Gasteiger partial charge in [0.25, 0.3) is 0 Å². The number of piperidine rings is 1. The van der Waals surface area contributed by atoms with Crippen LogP contribution in [0.15, 0.2) is 24.3 Å². The minimum Gasteiger partial charge on any atom is -0.487 e. The number of likely N-dealkylation sites (tertiary alicyclic amines) is 1. The normalized spacial score (nSPS) is 48.0. The number of thioether (sulfide) groups is 1. The number of aryl methyl sites for hydroxylation is 1. The van der Waals surface area contributed by atoms with Gasteiger partial charge in [0.05, 0.1) is 16.2 Å². The number of likely N-dealkylation sites (N-methyl/N-ethyl adjacent to an activating group) is 1. The highest BCUT2D eigenvalue weighted by Gasteiger charge is 2.78. The van der Waals surface area contributed by atoms with Gasteiger partial charge in [-0.25, -0.2) is 0 Å². The van der Waals surface area contributed by atoms with Crippen LogP contribution in [0.2, 0.25) is 0 Å². The van der Waals surface area contributed by atoms with Gasteiger partial charge in [0.1, 0.15) is 17.1 Å². The first kappa shape index (κ1) is 14.7. The third-order valence-corrected chi connectivity index (χ3v) is 9.42. The Kier molecular flexibility index (Phi) is 2.41. The van der Waals surface area contributed by atoms with Gasteiger partial charge in [-0.15, -0.1) is 11.8 Å². The highest BCUT2D eigenvalue weighted by Crippen LogP contribution is 2.75. The van der Waals surface area contributed by atoms with Crippen LogP contribution in [0.5, 0.6) is 5.75 Å². The molecule has 0 aromatic heterocycles. The molecule has 0 N–H and O–H groups in total. The standard InChI is InChI=1S/C21H22N2OS/c1-12-4-5-13-10-14-20-7-6-19(2,25-15(20)11-22)18-21(20,8-9-23(14)3)16(13)17(12)24-18/h4-7,14-15,18H,8-10H2,1-3H3/t14-,15?,18+,19-,20+,21+/m1/s1. The molecule has 6 aliphatic rings. The number of ether oxygens (including phenoxy) is 1. The van der Waals surface area contributed by atoms with Crippen molar-refractivity contribution in [2.24, 2.45) is 5.41 Å². The first-order valence-electron chi connectivity index (χ1n) is 9.25. The predicted octanol–water partition coefficient (Wildman–Crippen LogP) is 3.21. The molecule has 1 aromatic rings. The summed E-state index contributed by atoms with van der Waals surface area (Å²) in [5.74, 6) is 1.13. The fourth-order valence-electron chi connectivity index (χ4n) is 6.85. The van der Waals surface area contributed by atoms with Crippen molar-refractivity contribution in [2.45, 2.75) is 54.2 Å². The SMILES string of the molecule is Cc1ccc2c3c1O[C@H]1[C@@]4(C)C=C[C@@]5(C(C#N)S4)[C@@H](C2)N(C)CC[C@]315. The Bertz CT molecular complexity index is 904. The van der Waals surface area contributed by atoms with Crippen molar-refractivity contribution >= 4 is 11.8 Å². The maximum absolute atomic E-state index is 10.1. The highest BCUT2D eigenvalue weighted by molar-refractivity contribution is 8.01. The summed E-state index contributed by atoms with van der Waals surface area (Å²) in [5.41, 5.74) is 3.99. The zero-order valence-electron chi connectivity index (χ0n) is 14.9. The number of fused-ring (bicyclic) bond motifs is 1. The van der Waals surface area contributed by atoms with Gasteiger partial charge in [-0.3, -0.25) is 0 Å².